The molecule has 0 aliphatic carbocycles. The van der Waals surface area contributed by atoms with Crippen LogP contribution >= 0.6 is 0 Å². The third kappa shape index (κ3) is 3.60. The van der Waals surface area contributed by atoms with Crippen LogP contribution in [0.4, 0.5) is 0 Å². The van der Waals surface area contributed by atoms with Crippen molar-refractivity contribution in [1.29, 1.82) is 0 Å². The average Bonchev–Trinajstić information content (AvgIpc) is 1.98. The van der Waals surface area contributed by atoms with Crippen molar-refractivity contribution in [1.82, 2.24) is 0 Å². The largest absolute Gasteiger partial charge is 0.468 e. The Kier molecular flexibility index (Phi) is 5.18. The van der Waals surface area contributed by atoms with E-state index in [0.717, 1.165) is 10.5 Å². The lowest BCUT2D eigenvalue weighted by atomic mass is 10.4. The minimum absolute atomic E-state index is 0.314. The van der Waals surface area contributed by atoms with Crippen molar-refractivity contribution in [2.24, 2.45) is 0 Å². The summed E-state index contributed by atoms with van der Waals surface area (Å²) in [5, 5.41) is 0. The number of rotatable bonds is 4. The molecule has 0 bridgehead atoms. The molecule has 0 unspecified atom stereocenters. The molecule has 0 amide bonds. The fraction of sp³-hybridized carbons (Fsp3) is 0.400. The molecule has 0 aliphatic heterocycles. The van der Waals surface area contributed by atoms with Gasteiger partial charge < -0.3 is 8.85 Å². The van der Waals surface area contributed by atoms with Gasteiger partial charge >= 0.3 is 5.97 Å². The lowest BCUT2D eigenvalue weighted by Gasteiger charge is -2.00. The summed E-state index contributed by atoms with van der Waals surface area (Å²) >= 11 is 0. The van der Waals surface area contributed by atoms with Crippen LogP contribution in [0, 0.1) is 0 Å². The standard InChI is InChI=1S/C5H12O3Si2/c1-4(3-10-8-9)5(6)7-2/h1,3,10H2,2,9H3. The van der Waals surface area contributed by atoms with Gasteiger partial charge in [0.05, 0.1) is 7.11 Å². The molecule has 0 saturated heterocycles. The molecule has 3 nitrogen and oxygen atoms in total. The zero-order chi connectivity index (χ0) is 7.98. The number of carbonyl (C=O) groups is 1. The number of methoxy groups -OCH3 is 1. The molecule has 0 rings (SSSR count). The van der Waals surface area contributed by atoms with Crippen LogP contribution in [-0.4, -0.2) is 33.3 Å². The number of hydrogen-bond acceptors (Lipinski definition) is 3. The van der Waals surface area contributed by atoms with E-state index in [1.165, 1.54) is 7.11 Å². The van der Waals surface area contributed by atoms with Crippen molar-refractivity contribution >= 4 is 26.2 Å². The van der Waals surface area contributed by atoms with Crippen molar-refractivity contribution in [3.05, 3.63) is 12.2 Å². The van der Waals surface area contributed by atoms with Crippen LogP contribution in [0.2, 0.25) is 6.04 Å². The zero-order valence-electron chi connectivity index (χ0n) is 6.35. The minimum Gasteiger partial charge on any atom is -0.468 e. The van der Waals surface area contributed by atoms with Crippen molar-refractivity contribution < 1.29 is 13.6 Å². The van der Waals surface area contributed by atoms with Crippen molar-refractivity contribution in [3.63, 3.8) is 0 Å². The van der Waals surface area contributed by atoms with Gasteiger partial charge in [0.15, 0.2) is 0 Å². The number of hydrogen-bond donors (Lipinski definition) is 0. The van der Waals surface area contributed by atoms with Gasteiger partial charge in [-0.25, -0.2) is 4.79 Å². The van der Waals surface area contributed by atoms with Crippen molar-refractivity contribution in [3.8, 4) is 0 Å². The highest BCUT2D eigenvalue weighted by Gasteiger charge is 2.04. The molecule has 0 saturated carbocycles. The highest BCUT2D eigenvalue weighted by molar-refractivity contribution is 6.36. The first-order valence-corrected chi connectivity index (χ1v) is 5.36. The molecule has 0 aromatic rings. The molecule has 58 valence electrons. The fourth-order valence-electron chi connectivity index (χ4n) is 0.472. The Morgan fingerprint density at radius 1 is 1.80 bits per heavy atom. The Morgan fingerprint density at radius 2 is 2.40 bits per heavy atom. The van der Waals surface area contributed by atoms with E-state index in [1.54, 1.807) is 0 Å². The lowest BCUT2D eigenvalue weighted by molar-refractivity contribution is -0.136. The average molecular weight is 176 g/mol. The Hall–Kier alpha value is -0.396. The van der Waals surface area contributed by atoms with E-state index in [-0.39, 0.29) is 5.97 Å². The Labute approximate surface area is 65.9 Å². The maximum absolute atomic E-state index is 10.7. The SMILES string of the molecule is C=C(C[SiH2]O[SiH3])C(=O)OC. The van der Waals surface area contributed by atoms with E-state index in [9.17, 15) is 4.79 Å². The summed E-state index contributed by atoms with van der Waals surface area (Å²) < 4.78 is 9.46. The third-order valence-electron chi connectivity index (χ3n) is 1.08. The van der Waals surface area contributed by atoms with Gasteiger partial charge in [0, 0.05) is 5.57 Å². The van der Waals surface area contributed by atoms with Gasteiger partial charge in [0.1, 0.15) is 20.2 Å². The van der Waals surface area contributed by atoms with Crippen LogP contribution in [-0.2, 0) is 13.6 Å². The molecule has 0 heterocycles. The second-order valence-electron chi connectivity index (χ2n) is 1.84. The van der Waals surface area contributed by atoms with Gasteiger partial charge in [-0.05, 0) is 6.04 Å². The zero-order valence-corrected chi connectivity index (χ0v) is 9.76. The van der Waals surface area contributed by atoms with Crippen LogP contribution in [0.5, 0.6) is 0 Å². The second kappa shape index (κ2) is 5.39. The predicted octanol–water partition coefficient (Wildman–Crippen LogP) is -1.49. The maximum atomic E-state index is 10.7. The van der Waals surface area contributed by atoms with E-state index >= 15 is 0 Å². The van der Waals surface area contributed by atoms with Gasteiger partial charge in [-0.2, -0.15) is 0 Å². The molecule has 0 N–H and O–H groups in total. The summed E-state index contributed by atoms with van der Waals surface area (Å²) in [6.45, 7) is 3.56. The van der Waals surface area contributed by atoms with Gasteiger partial charge in [-0.3, -0.25) is 0 Å². The predicted molar refractivity (Wildman–Crippen MR) is 45.5 cm³/mol. The summed E-state index contributed by atoms with van der Waals surface area (Å²) in [5.74, 6) is -0.314. The van der Waals surface area contributed by atoms with Gasteiger partial charge in [0.25, 0.3) is 0 Å². The Balaban J connectivity index is 3.52. The molecule has 0 atom stereocenters. The first-order valence-electron chi connectivity index (χ1n) is 2.97. The van der Waals surface area contributed by atoms with Crippen LogP contribution in [0.3, 0.4) is 0 Å². The maximum Gasteiger partial charge on any atom is 0.332 e. The topological polar surface area (TPSA) is 35.5 Å². The van der Waals surface area contributed by atoms with E-state index in [4.69, 9.17) is 4.12 Å². The monoisotopic (exact) mass is 176 g/mol. The van der Waals surface area contributed by atoms with Gasteiger partial charge in [-0.15, -0.1) is 0 Å². The number of carbonyl (C=O) groups excluding carboxylic acids is 1. The Morgan fingerprint density at radius 3 is 2.80 bits per heavy atom. The molecule has 0 radical (unpaired) electrons. The quantitative estimate of drug-likeness (QED) is 0.298. The van der Waals surface area contributed by atoms with Crippen molar-refractivity contribution in [2.45, 2.75) is 6.04 Å². The van der Waals surface area contributed by atoms with Crippen molar-refractivity contribution in [2.75, 3.05) is 7.11 Å². The van der Waals surface area contributed by atoms with Gasteiger partial charge in [-0.1, -0.05) is 6.58 Å². The summed E-state index contributed by atoms with van der Waals surface area (Å²) in [6.07, 6.45) is 0. The summed E-state index contributed by atoms with van der Waals surface area (Å²) in [6, 6.07) is 0.705. The highest BCUT2D eigenvalue weighted by Crippen LogP contribution is 1.99. The molecule has 0 aromatic heterocycles. The highest BCUT2D eigenvalue weighted by atomic mass is 28.3. The molecular weight excluding hydrogens is 164 g/mol. The van der Waals surface area contributed by atoms with Crippen LogP contribution in [0.25, 0.3) is 0 Å². The molecule has 0 spiro atoms. The van der Waals surface area contributed by atoms with E-state index in [1.807, 2.05) is 0 Å². The third-order valence-corrected chi connectivity index (χ3v) is 3.52. The molecular formula is C5H12O3Si2. The van der Waals surface area contributed by atoms with Crippen LogP contribution in [0.1, 0.15) is 0 Å². The van der Waals surface area contributed by atoms with Crippen LogP contribution in [0.15, 0.2) is 12.2 Å². The Bertz CT molecular complexity index is 135. The molecule has 10 heavy (non-hydrogen) atoms. The summed E-state index contributed by atoms with van der Waals surface area (Å²) in [5.41, 5.74) is 0.532. The minimum atomic E-state index is -0.517. The first-order chi connectivity index (χ1) is 4.72. The first kappa shape index (κ1) is 9.60. The molecule has 0 aromatic carbocycles. The molecule has 0 aliphatic rings. The molecule has 5 heteroatoms. The molecule has 0 fully saturated rings. The normalized spacial score (nSPS) is 10.5. The number of esters is 1. The fourth-order valence-corrected chi connectivity index (χ4v) is 1.74. The second-order valence-corrected chi connectivity index (χ2v) is 5.06. The summed E-state index contributed by atoms with van der Waals surface area (Å²) in [4.78, 5) is 10.7. The smallest absolute Gasteiger partial charge is 0.332 e. The number of ether oxygens (including phenoxy) is 1. The van der Waals surface area contributed by atoms with Gasteiger partial charge in [0.2, 0.25) is 0 Å². The van der Waals surface area contributed by atoms with E-state index in [2.05, 4.69) is 11.3 Å². The lowest BCUT2D eigenvalue weighted by Crippen LogP contribution is -2.06. The van der Waals surface area contributed by atoms with E-state index < -0.39 is 9.76 Å². The summed E-state index contributed by atoms with van der Waals surface area (Å²) in [7, 11) is 1.60. The van der Waals surface area contributed by atoms with Crippen LogP contribution < -0.4 is 0 Å². The van der Waals surface area contributed by atoms with E-state index in [0.29, 0.717) is 11.6 Å².